The Morgan fingerprint density at radius 3 is 2.62 bits per heavy atom. The molecule has 26 heavy (non-hydrogen) atoms. The van der Waals surface area contributed by atoms with Crippen molar-refractivity contribution in [2.45, 2.75) is 6.42 Å². The predicted molar refractivity (Wildman–Crippen MR) is 94.2 cm³/mol. The molecule has 0 unspecified atom stereocenters. The summed E-state index contributed by atoms with van der Waals surface area (Å²) in [6.07, 6.45) is 0.103. The number of methoxy groups -OCH3 is 1. The number of hydrogen-bond acceptors (Lipinski definition) is 5. The molecule has 0 bridgehead atoms. The predicted octanol–water partition coefficient (Wildman–Crippen LogP) is 2.35. The molecule has 0 aliphatic heterocycles. The number of nitrogens with zero attached hydrogens (tertiary/aromatic N) is 1. The fraction of sp³-hybridized carbons (Fsp3) is 0.105. The first-order valence-electron chi connectivity index (χ1n) is 7.90. The summed E-state index contributed by atoms with van der Waals surface area (Å²) >= 11 is 0. The van der Waals surface area contributed by atoms with Gasteiger partial charge in [-0.2, -0.15) is 0 Å². The number of amides is 2. The fourth-order valence-electron chi connectivity index (χ4n) is 2.32. The maximum absolute atomic E-state index is 12.1. The molecular weight excluding hydrogens is 334 g/mol. The summed E-state index contributed by atoms with van der Waals surface area (Å²) in [6.45, 7) is 0. The van der Waals surface area contributed by atoms with E-state index in [4.69, 9.17) is 9.26 Å². The molecule has 0 atom stereocenters. The second-order valence-corrected chi connectivity index (χ2v) is 5.47. The van der Waals surface area contributed by atoms with Gasteiger partial charge < -0.3 is 9.26 Å². The highest BCUT2D eigenvalue weighted by Gasteiger charge is 2.14. The van der Waals surface area contributed by atoms with Crippen LogP contribution in [0.5, 0.6) is 5.75 Å². The van der Waals surface area contributed by atoms with Crippen LogP contribution in [-0.4, -0.2) is 24.1 Å². The van der Waals surface area contributed by atoms with Crippen LogP contribution in [-0.2, 0) is 11.2 Å². The van der Waals surface area contributed by atoms with Crippen LogP contribution in [0.15, 0.2) is 65.2 Å². The number of carbonyl (C=O) groups is 2. The van der Waals surface area contributed by atoms with E-state index >= 15 is 0 Å². The molecule has 1 heterocycles. The number of nitrogens with one attached hydrogen (secondary N) is 2. The molecule has 2 N–H and O–H groups in total. The van der Waals surface area contributed by atoms with Crippen LogP contribution in [0.25, 0.3) is 11.3 Å². The van der Waals surface area contributed by atoms with Gasteiger partial charge in [-0.05, 0) is 17.7 Å². The van der Waals surface area contributed by atoms with Crippen LogP contribution in [0.1, 0.15) is 16.1 Å². The Hall–Kier alpha value is -3.61. The first-order valence-corrected chi connectivity index (χ1v) is 7.90. The van der Waals surface area contributed by atoms with Crippen LogP contribution < -0.4 is 15.6 Å². The van der Waals surface area contributed by atoms with Crippen molar-refractivity contribution in [3.05, 3.63) is 71.9 Å². The third-order valence-electron chi connectivity index (χ3n) is 3.62. The van der Waals surface area contributed by atoms with Gasteiger partial charge in [-0.25, -0.2) is 0 Å². The first kappa shape index (κ1) is 17.2. The van der Waals surface area contributed by atoms with Gasteiger partial charge in [0, 0.05) is 11.6 Å². The van der Waals surface area contributed by atoms with Crippen LogP contribution in [0.2, 0.25) is 0 Å². The van der Waals surface area contributed by atoms with Crippen molar-refractivity contribution in [2.75, 3.05) is 7.11 Å². The van der Waals surface area contributed by atoms with Crippen LogP contribution in [0, 0.1) is 0 Å². The molecule has 7 nitrogen and oxygen atoms in total. The number of carbonyl (C=O) groups excluding carboxylic acids is 2. The van der Waals surface area contributed by atoms with E-state index < -0.39 is 5.91 Å². The van der Waals surface area contributed by atoms with Crippen LogP contribution >= 0.6 is 0 Å². The van der Waals surface area contributed by atoms with E-state index in [2.05, 4.69) is 16.0 Å². The summed E-state index contributed by atoms with van der Waals surface area (Å²) in [4.78, 5) is 24.0. The molecule has 0 radical (unpaired) electrons. The average Bonchev–Trinajstić information content (AvgIpc) is 3.17. The Morgan fingerprint density at radius 2 is 1.85 bits per heavy atom. The number of ether oxygens (including phenoxy) is 1. The van der Waals surface area contributed by atoms with E-state index in [0.29, 0.717) is 11.5 Å². The molecule has 3 rings (SSSR count). The lowest BCUT2D eigenvalue weighted by Crippen LogP contribution is -2.42. The van der Waals surface area contributed by atoms with Gasteiger partial charge in [0.25, 0.3) is 5.91 Å². The molecule has 0 saturated carbocycles. The normalized spacial score (nSPS) is 10.2. The molecule has 132 valence electrons. The lowest BCUT2D eigenvalue weighted by atomic mass is 10.1. The van der Waals surface area contributed by atoms with Crippen molar-refractivity contribution in [1.82, 2.24) is 16.0 Å². The molecule has 0 spiro atoms. The Bertz CT molecular complexity index is 906. The molecule has 1 aromatic heterocycles. The highest BCUT2D eigenvalue weighted by Crippen LogP contribution is 2.19. The minimum absolute atomic E-state index is 0.0746. The van der Waals surface area contributed by atoms with Gasteiger partial charge in [0.05, 0.1) is 13.5 Å². The van der Waals surface area contributed by atoms with Crippen LogP contribution in [0.4, 0.5) is 0 Å². The summed E-state index contributed by atoms with van der Waals surface area (Å²) in [5.41, 5.74) is 6.32. The molecule has 3 aromatic rings. The van der Waals surface area contributed by atoms with E-state index in [1.54, 1.807) is 31.4 Å². The second kappa shape index (κ2) is 7.98. The van der Waals surface area contributed by atoms with Crippen LogP contribution in [0.3, 0.4) is 0 Å². The van der Waals surface area contributed by atoms with Gasteiger partial charge in [-0.15, -0.1) is 0 Å². The molecular formula is C19H17N3O4. The Morgan fingerprint density at radius 1 is 1.04 bits per heavy atom. The maximum atomic E-state index is 12.1. The lowest BCUT2D eigenvalue weighted by Gasteiger charge is -2.07. The number of aromatic nitrogens is 1. The van der Waals surface area contributed by atoms with E-state index in [9.17, 15) is 9.59 Å². The van der Waals surface area contributed by atoms with E-state index in [1.165, 1.54) is 6.07 Å². The molecule has 2 amide bonds. The van der Waals surface area contributed by atoms with Crippen molar-refractivity contribution in [2.24, 2.45) is 0 Å². The number of benzene rings is 2. The average molecular weight is 351 g/mol. The van der Waals surface area contributed by atoms with E-state index in [-0.39, 0.29) is 18.0 Å². The Kier molecular flexibility index (Phi) is 5.28. The zero-order valence-electron chi connectivity index (χ0n) is 14.1. The summed E-state index contributed by atoms with van der Waals surface area (Å²) in [7, 11) is 1.56. The minimum atomic E-state index is -0.560. The third kappa shape index (κ3) is 4.27. The SMILES string of the molecule is COc1cccc(CC(=O)NNC(=O)c2cc(-c3ccccc3)on2)c1. The summed E-state index contributed by atoms with van der Waals surface area (Å²) in [5.74, 6) is 0.210. The number of hydrogen-bond donors (Lipinski definition) is 2. The van der Waals surface area contributed by atoms with Crippen molar-refractivity contribution in [3.8, 4) is 17.1 Å². The zero-order valence-corrected chi connectivity index (χ0v) is 14.1. The van der Waals surface area contributed by atoms with Gasteiger partial charge in [0.15, 0.2) is 11.5 Å². The van der Waals surface area contributed by atoms with Gasteiger partial charge in [0.1, 0.15) is 5.75 Å². The minimum Gasteiger partial charge on any atom is -0.497 e. The monoisotopic (exact) mass is 351 g/mol. The van der Waals surface area contributed by atoms with Crippen molar-refractivity contribution in [1.29, 1.82) is 0 Å². The molecule has 0 aliphatic rings. The Labute approximate surface area is 149 Å². The van der Waals surface area contributed by atoms with Gasteiger partial charge >= 0.3 is 0 Å². The lowest BCUT2D eigenvalue weighted by molar-refractivity contribution is -0.121. The smallest absolute Gasteiger partial charge is 0.291 e. The second-order valence-electron chi connectivity index (χ2n) is 5.47. The van der Waals surface area contributed by atoms with E-state index in [0.717, 1.165) is 11.1 Å². The molecule has 0 fully saturated rings. The zero-order chi connectivity index (χ0) is 18.4. The molecule has 0 aliphatic carbocycles. The van der Waals surface area contributed by atoms with E-state index in [1.807, 2.05) is 30.3 Å². The van der Waals surface area contributed by atoms with Crippen molar-refractivity contribution < 1.29 is 18.8 Å². The Balaban J connectivity index is 1.55. The molecule has 7 heteroatoms. The maximum Gasteiger partial charge on any atom is 0.291 e. The third-order valence-corrected chi connectivity index (χ3v) is 3.62. The number of rotatable bonds is 5. The van der Waals surface area contributed by atoms with Gasteiger partial charge in [-0.3, -0.25) is 20.4 Å². The standard InChI is InChI=1S/C19H17N3O4/c1-25-15-9-5-6-13(10-15)11-18(23)20-21-19(24)16-12-17(26-22-16)14-7-3-2-4-8-14/h2-10,12H,11H2,1H3,(H,20,23)(H,21,24). The quantitative estimate of drug-likeness (QED) is 0.688. The summed E-state index contributed by atoms with van der Waals surface area (Å²) in [5, 5.41) is 3.72. The molecule has 2 aromatic carbocycles. The largest absolute Gasteiger partial charge is 0.497 e. The van der Waals surface area contributed by atoms with Gasteiger partial charge in [0.2, 0.25) is 5.91 Å². The summed E-state index contributed by atoms with van der Waals surface area (Å²) < 4.78 is 10.3. The fourth-order valence-corrected chi connectivity index (χ4v) is 2.32. The highest BCUT2D eigenvalue weighted by molar-refractivity contribution is 5.94. The first-order chi connectivity index (χ1) is 12.7. The van der Waals surface area contributed by atoms with Gasteiger partial charge in [-0.1, -0.05) is 47.6 Å². The molecule has 0 saturated heterocycles. The van der Waals surface area contributed by atoms with Crippen molar-refractivity contribution in [3.63, 3.8) is 0 Å². The highest BCUT2D eigenvalue weighted by atomic mass is 16.5. The van der Waals surface area contributed by atoms with Crippen molar-refractivity contribution >= 4 is 11.8 Å². The topological polar surface area (TPSA) is 93.5 Å². The summed E-state index contributed by atoms with van der Waals surface area (Å²) in [6, 6.07) is 17.9. The number of hydrazine groups is 1.